The van der Waals surface area contributed by atoms with Gasteiger partial charge in [0.15, 0.2) is 5.78 Å². The molecule has 0 amide bonds. The molecule has 0 radical (unpaired) electrons. The fourth-order valence-corrected chi connectivity index (χ4v) is 3.32. The highest BCUT2D eigenvalue weighted by Crippen LogP contribution is 2.35. The zero-order chi connectivity index (χ0) is 11.6. The normalized spacial score (nSPS) is 28.6. The molecule has 0 aromatic heterocycles. The molecule has 2 aliphatic carbocycles. The van der Waals surface area contributed by atoms with E-state index in [0.29, 0.717) is 0 Å². The van der Waals surface area contributed by atoms with Crippen molar-refractivity contribution < 1.29 is 4.79 Å². The molecule has 2 rings (SSSR count). The van der Waals surface area contributed by atoms with Crippen LogP contribution in [0.5, 0.6) is 0 Å². The van der Waals surface area contributed by atoms with E-state index < -0.39 is 11.1 Å². The molecule has 0 aromatic carbocycles. The predicted octanol–water partition coefficient (Wildman–Crippen LogP) is 1.88. The minimum atomic E-state index is -0.607. The maximum absolute atomic E-state index is 12.5. The molecule has 2 saturated carbocycles. The van der Waals surface area contributed by atoms with Gasteiger partial charge in [-0.3, -0.25) is 4.79 Å². The number of nitrogens with two attached hydrogens (primary N) is 2. The van der Waals surface area contributed by atoms with Gasteiger partial charge in [0, 0.05) is 0 Å². The van der Waals surface area contributed by atoms with E-state index in [2.05, 4.69) is 0 Å². The molecule has 0 saturated heterocycles. The number of carbonyl (C=O) groups excluding carboxylic acids is 1. The van der Waals surface area contributed by atoms with Crippen LogP contribution >= 0.6 is 0 Å². The van der Waals surface area contributed by atoms with Crippen molar-refractivity contribution in [2.75, 3.05) is 0 Å². The summed E-state index contributed by atoms with van der Waals surface area (Å²) < 4.78 is 0. The van der Waals surface area contributed by atoms with E-state index in [1.165, 1.54) is 12.8 Å². The van der Waals surface area contributed by atoms with Crippen LogP contribution in [0.3, 0.4) is 0 Å². The van der Waals surface area contributed by atoms with Crippen LogP contribution in [-0.4, -0.2) is 16.9 Å². The third-order valence-electron chi connectivity index (χ3n) is 4.40. The van der Waals surface area contributed by atoms with Crippen molar-refractivity contribution in [2.24, 2.45) is 11.5 Å². The maximum atomic E-state index is 12.5. The van der Waals surface area contributed by atoms with Gasteiger partial charge in [-0.05, 0) is 25.7 Å². The lowest BCUT2D eigenvalue weighted by Gasteiger charge is -2.41. The van der Waals surface area contributed by atoms with E-state index in [1.54, 1.807) is 0 Å². The predicted molar refractivity (Wildman–Crippen MR) is 65.0 cm³/mol. The van der Waals surface area contributed by atoms with Gasteiger partial charge in [0.25, 0.3) is 0 Å². The average Bonchev–Trinajstić information content (AvgIpc) is 2.30. The first-order valence-corrected chi connectivity index (χ1v) is 6.70. The first kappa shape index (κ1) is 12.1. The molecule has 92 valence electrons. The van der Waals surface area contributed by atoms with Gasteiger partial charge >= 0.3 is 0 Å². The van der Waals surface area contributed by atoms with Gasteiger partial charge in [-0.2, -0.15) is 0 Å². The Bertz CT molecular complexity index is 237. The molecule has 0 aliphatic heterocycles. The second-order valence-corrected chi connectivity index (χ2v) is 5.76. The molecule has 2 fully saturated rings. The summed E-state index contributed by atoms with van der Waals surface area (Å²) in [4.78, 5) is 12.5. The van der Waals surface area contributed by atoms with Gasteiger partial charge in [0.05, 0.1) is 11.1 Å². The van der Waals surface area contributed by atoms with Crippen LogP contribution in [-0.2, 0) is 4.79 Å². The standard InChI is InChI=1S/C13H24N2O/c14-12(7-3-1-4-8-12)11(16)13(15)9-5-2-6-10-13/h1-10,14-15H2. The highest BCUT2D eigenvalue weighted by atomic mass is 16.1. The van der Waals surface area contributed by atoms with Crippen LogP contribution in [0.1, 0.15) is 64.2 Å². The molecular formula is C13H24N2O. The molecule has 2 aliphatic rings. The maximum Gasteiger partial charge on any atom is 0.172 e. The summed E-state index contributed by atoms with van der Waals surface area (Å²) in [5.41, 5.74) is 11.4. The van der Waals surface area contributed by atoms with Crippen molar-refractivity contribution in [3.63, 3.8) is 0 Å². The Balaban J connectivity index is 2.10. The zero-order valence-electron chi connectivity index (χ0n) is 10.1. The largest absolute Gasteiger partial charge is 0.319 e. The molecule has 0 atom stereocenters. The summed E-state index contributed by atoms with van der Waals surface area (Å²) in [6, 6.07) is 0. The molecule has 4 N–H and O–H groups in total. The SMILES string of the molecule is NC1(C(=O)C2(N)CCCCC2)CCCCC1. The average molecular weight is 224 g/mol. The van der Waals surface area contributed by atoms with E-state index in [4.69, 9.17) is 11.5 Å². The highest BCUT2D eigenvalue weighted by molar-refractivity contribution is 5.96. The summed E-state index contributed by atoms with van der Waals surface area (Å²) in [6.07, 6.45) is 10.1. The van der Waals surface area contributed by atoms with Crippen molar-refractivity contribution >= 4 is 5.78 Å². The minimum Gasteiger partial charge on any atom is -0.319 e. The lowest BCUT2D eigenvalue weighted by Crippen LogP contribution is -2.63. The Morgan fingerprint density at radius 2 is 1.00 bits per heavy atom. The van der Waals surface area contributed by atoms with Gasteiger partial charge in [0.2, 0.25) is 0 Å². The third kappa shape index (κ3) is 2.16. The van der Waals surface area contributed by atoms with E-state index in [0.717, 1.165) is 51.4 Å². The fraction of sp³-hybridized carbons (Fsp3) is 0.923. The van der Waals surface area contributed by atoms with Crippen LogP contribution in [0.15, 0.2) is 0 Å². The Morgan fingerprint density at radius 3 is 1.31 bits per heavy atom. The van der Waals surface area contributed by atoms with Gasteiger partial charge in [-0.15, -0.1) is 0 Å². The number of carbonyl (C=O) groups is 1. The van der Waals surface area contributed by atoms with Crippen LogP contribution in [0.25, 0.3) is 0 Å². The van der Waals surface area contributed by atoms with Gasteiger partial charge < -0.3 is 11.5 Å². The highest BCUT2D eigenvalue weighted by Gasteiger charge is 2.46. The Morgan fingerprint density at radius 1 is 0.688 bits per heavy atom. The molecule has 0 heterocycles. The van der Waals surface area contributed by atoms with Crippen molar-refractivity contribution in [1.82, 2.24) is 0 Å². The Labute approximate surface area is 97.9 Å². The summed E-state index contributed by atoms with van der Waals surface area (Å²) in [6.45, 7) is 0. The number of ketones is 1. The second kappa shape index (κ2) is 4.46. The summed E-state index contributed by atoms with van der Waals surface area (Å²) in [5.74, 6) is 0.152. The molecule has 0 unspecified atom stereocenters. The van der Waals surface area contributed by atoms with Gasteiger partial charge in [-0.25, -0.2) is 0 Å². The number of rotatable bonds is 2. The smallest absolute Gasteiger partial charge is 0.172 e. The monoisotopic (exact) mass is 224 g/mol. The molecule has 3 nitrogen and oxygen atoms in total. The Hall–Kier alpha value is -0.410. The molecule has 16 heavy (non-hydrogen) atoms. The second-order valence-electron chi connectivity index (χ2n) is 5.76. The van der Waals surface area contributed by atoms with Crippen LogP contribution < -0.4 is 11.5 Å². The Kier molecular flexibility index (Phi) is 3.36. The van der Waals surface area contributed by atoms with Crippen molar-refractivity contribution in [3.8, 4) is 0 Å². The number of hydrogen-bond acceptors (Lipinski definition) is 3. The van der Waals surface area contributed by atoms with Crippen molar-refractivity contribution in [2.45, 2.75) is 75.3 Å². The first-order valence-electron chi connectivity index (χ1n) is 6.70. The van der Waals surface area contributed by atoms with Crippen molar-refractivity contribution in [3.05, 3.63) is 0 Å². The first-order chi connectivity index (χ1) is 7.57. The zero-order valence-corrected chi connectivity index (χ0v) is 10.1. The fourth-order valence-electron chi connectivity index (χ4n) is 3.32. The van der Waals surface area contributed by atoms with E-state index in [-0.39, 0.29) is 5.78 Å². The van der Waals surface area contributed by atoms with Crippen LogP contribution in [0.4, 0.5) is 0 Å². The molecule has 0 bridgehead atoms. The summed E-state index contributed by atoms with van der Waals surface area (Å²) >= 11 is 0. The molecular weight excluding hydrogens is 200 g/mol. The lowest BCUT2D eigenvalue weighted by atomic mass is 9.68. The molecule has 3 heteroatoms. The molecule has 0 spiro atoms. The van der Waals surface area contributed by atoms with Crippen LogP contribution in [0, 0.1) is 0 Å². The van der Waals surface area contributed by atoms with Crippen molar-refractivity contribution in [1.29, 1.82) is 0 Å². The molecule has 0 aromatic rings. The number of Topliss-reactive ketones (excluding diaryl/α,β-unsaturated/α-hetero) is 1. The van der Waals surface area contributed by atoms with Gasteiger partial charge in [-0.1, -0.05) is 38.5 Å². The van der Waals surface area contributed by atoms with Gasteiger partial charge in [0.1, 0.15) is 0 Å². The van der Waals surface area contributed by atoms with E-state index in [1.807, 2.05) is 0 Å². The summed E-state index contributed by atoms with van der Waals surface area (Å²) in [7, 11) is 0. The third-order valence-corrected chi connectivity index (χ3v) is 4.40. The van der Waals surface area contributed by atoms with E-state index in [9.17, 15) is 4.79 Å². The quantitative estimate of drug-likeness (QED) is 0.752. The summed E-state index contributed by atoms with van der Waals surface area (Å²) in [5, 5.41) is 0. The van der Waals surface area contributed by atoms with E-state index >= 15 is 0 Å². The number of hydrogen-bond donors (Lipinski definition) is 2. The lowest BCUT2D eigenvalue weighted by molar-refractivity contribution is -0.132. The topological polar surface area (TPSA) is 69.1 Å². The minimum absolute atomic E-state index is 0.152. The van der Waals surface area contributed by atoms with Crippen LogP contribution in [0.2, 0.25) is 0 Å².